The van der Waals surface area contributed by atoms with E-state index in [0.29, 0.717) is 16.1 Å². The van der Waals surface area contributed by atoms with Crippen LogP contribution in [0.2, 0.25) is 0 Å². The zero-order chi connectivity index (χ0) is 12.7. The van der Waals surface area contributed by atoms with E-state index >= 15 is 0 Å². The van der Waals surface area contributed by atoms with E-state index in [9.17, 15) is 9.59 Å². The number of fused-ring (bicyclic) bond motifs is 1. The molecule has 0 unspecified atom stereocenters. The van der Waals surface area contributed by atoms with Crippen molar-refractivity contribution < 1.29 is 9.59 Å². The van der Waals surface area contributed by atoms with Crippen molar-refractivity contribution in [2.24, 2.45) is 11.7 Å². The molecule has 1 saturated carbocycles. The van der Waals surface area contributed by atoms with E-state index in [1.165, 1.54) is 11.3 Å². The van der Waals surface area contributed by atoms with E-state index < -0.39 is 5.91 Å². The Kier molecular flexibility index (Phi) is 2.52. The van der Waals surface area contributed by atoms with Gasteiger partial charge in [-0.3, -0.25) is 14.6 Å². The molecule has 0 aliphatic heterocycles. The van der Waals surface area contributed by atoms with Crippen molar-refractivity contribution in [1.29, 1.82) is 0 Å². The van der Waals surface area contributed by atoms with E-state index in [1.54, 1.807) is 12.3 Å². The number of aromatic nitrogens is 1. The van der Waals surface area contributed by atoms with Crippen molar-refractivity contribution >= 4 is 38.4 Å². The third-order valence-electron chi connectivity index (χ3n) is 2.88. The van der Waals surface area contributed by atoms with Crippen molar-refractivity contribution in [2.75, 3.05) is 5.32 Å². The van der Waals surface area contributed by atoms with Crippen LogP contribution in [-0.2, 0) is 4.79 Å². The summed E-state index contributed by atoms with van der Waals surface area (Å²) in [4.78, 5) is 27.4. The Balaban J connectivity index is 2.06. The molecule has 2 aromatic rings. The maximum absolute atomic E-state index is 11.7. The van der Waals surface area contributed by atoms with Crippen LogP contribution in [0.4, 0.5) is 5.00 Å². The number of rotatable bonds is 3. The van der Waals surface area contributed by atoms with Gasteiger partial charge in [-0.1, -0.05) is 0 Å². The van der Waals surface area contributed by atoms with Crippen LogP contribution in [0, 0.1) is 5.92 Å². The zero-order valence-electron chi connectivity index (χ0n) is 9.47. The van der Waals surface area contributed by atoms with E-state index in [2.05, 4.69) is 10.3 Å². The highest BCUT2D eigenvalue weighted by Gasteiger charge is 2.31. The predicted molar refractivity (Wildman–Crippen MR) is 69.5 cm³/mol. The minimum absolute atomic E-state index is 0.0379. The van der Waals surface area contributed by atoms with E-state index in [-0.39, 0.29) is 11.8 Å². The van der Waals surface area contributed by atoms with Gasteiger partial charge in [0.1, 0.15) is 10.6 Å². The Labute approximate surface area is 107 Å². The number of nitrogens with two attached hydrogens (primary N) is 1. The lowest BCUT2D eigenvalue weighted by Gasteiger charge is -2.02. The summed E-state index contributed by atoms with van der Waals surface area (Å²) in [5.74, 6) is -0.515. The topological polar surface area (TPSA) is 85.1 Å². The van der Waals surface area contributed by atoms with Crippen molar-refractivity contribution in [1.82, 2.24) is 4.98 Å². The average Bonchev–Trinajstić information content (AvgIpc) is 3.10. The van der Waals surface area contributed by atoms with Gasteiger partial charge in [0.2, 0.25) is 5.91 Å². The summed E-state index contributed by atoms with van der Waals surface area (Å²) in [6.07, 6.45) is 3.44. The van der Waals surface area contributed by atoms with Gasteiger partial charge in [0, 0.05) is 12.1 Å². The monoisotopic (exact) mass is 261 g/mol. The number of amides is 2. The van der Waals surface area contributed by atoms with Crippen LogP contribution < -0.4 is 11.1 Å². The molecule has 6 heteroatoms. The first-order chi connectivity index (χ1) is 8.66. The van der Waals surface area contributed by atoms with Crippen LogP contribution in [-0.4, -0.2) is 16.8 Å². The van der Waals surface area contributed by atoms with E-state index in [0.717, 1.165) is 17.5 Å². The molecule has 0 saturated heterocycles. The van der Waals surface area contributed by atoms with Gasteiger partial charge < -0.3 is 11.1 Å². The average molecular weight is 261 g/mol. The van der Waals surface area contributed by atoms with Gasteiger partial charge in [0.15, 0.2) is 0 Å². The molecule has 2 aromatic heterocycles. The molecule has 0 atom stereocenters. The second kappa shape index (κ2) is 4.06. The fraction of sp³-hybridized carbons (Fsp3) is 0.250. The molecule has 1 aliphatic carbocycles. The Bertz CT molecular complexity index is 646. The normalized spacial score (nSPS) is 14.7. The van der Waals surface area contributed by atoms with Gasteiger partial charge in [0.05, 0.1) is 10.2 Å². The maximum atomic E-state index is 11.7. The summed E-state index contributed by atoms with van der Waals surface area (Å²) in [6, 6.07) is 3.64. The Hall–Kier alpha value is -1.95. The first kappa shape index (κ1) is 11.2. The van der Waals surface area contributed by atoms with Crippen LogP contribution in [0.1, 0.15) is 23.2 Å². The third-order valence-corrected chi connectivity index (χ3v) is 3.94. The first-order valence-corrected chi connectivity index (χ1v) is 6.46. The van der Waals surface area contributed by atoms with Gasteiger partial charge in [0.25, 0.3) is 5.91 Å². The van der Waals surface area contributed by atoms with E-state index in [1.807, 2.05) is 6.07 Å². The van der Waals surface area contributed by atoms with Gasteiger partial charge >= 0.3 is 0 Å². The molecular formula is C12H11N3O2S. The molecule has 2 amide bonds. The molecule has 1 aliphatic rings. The Morgan fingerprint density at radius 2 is 2.22 bits per heavy atom. The highest BCUT2D eigenvalue weighted by atomic mass is 32.1. The van der Waals surface area contributed by atoms with Gasteiger partial charge in [-0.15, -0.1) is 11.3 Å². The second-order valence-electron chi connectivity index (χ2n) is 4.28. The Morgan fingerprint density at radius 3 is 2.89 bits per heavy atom. The first-order valence-electron chi connectivity index (χ1n) is 5.65. The molecule has 92 valence electrons. The lowest BCUT2D eigenvalue weighted by molar-refractivity contribution is -0.117. The largest absolute Gasteiger partial charge is 0.365 e. The minimum atomic E-state index is -0.564. The van der Waals surface area contributed by atoms with Crippen LogP contribution in [0.15, 0.2) is 18.3 Å². The van der Waals surface area contributed by atoms with Crippen LogP contribution >= 0.6 is 11.3 Å². The molecule has 18 heavy (non-hydrogen) atoms. The number of primary amides is 1. The number of hydrogen-bond acceptors (Lipinski definition) is 4. The number of thiophene rings is 1. The standard InChI is InChI=1S/C12H11N3O2S/c13-10(16)8-9-7(2-1-5-14-9)18-12(8)15-11(17)6-3-4-6/h1-2,5-6H,3-4H2,(H2,13,16)(H,15,17). The van der Waals surface area contributed by atoms with Crippen LogP contribution in [0.5, 0.6) is 0 Å². The van der Waals surface area contributed by atoms with E-state index in [4.69, 9.17) is 5.73 Å². The maximum Gasteiger partial charge on any atom is 0.253 e. The van der Waals surface area contributed by atoms with Crippen molar-refractivity contribution in [3.8, 4) is 0 Å². The molecule has 0 radical (unpaired) electrons. The molecule has 0 aromatic carbocycles. The number of carbonyl (C=O) groups excluding carboxylic acids is 2. The Morgan fingerprint density at radius 1 is 1.44 bits per heavy atom. The molecule has 3 N–H and O–H groups in total. The lowest BCUT2D eigenvalue weighted by atomic mass is 10.2. The minimum Gasteiger partial charge on any atom is -0.365 e. The molecule has 2 heterocycles. The summed E-state index contributed by atoms with van der Waals surface area (Å²) in [5.41, 5.74) is 6.24. The smallest absolute Gasteiger partial charge is 0.253 e. The third kappa shape index (κ3) is 1.84. The predicted octanol–water partition coefficient (Wildman–Crippen LogP) is 1.74. The van der Waals surface area contributed by atoms with Crippen molar-refractivity contribution in [2.45, 2.75) is 12.8 Å². The van der Waals surface area contributed by atoms with Gasteiger partial charge in [-0.25, -0.2) is 0 Å². The number of pyridine rings is 1. The molecule has 5 nitrogen and oxygen atoms in total. The summed E-state index contributed by atoms with van der Waals surface area (Å²) < 4.78 is 0.845. The number of hydrogen-bond donors (Lipinski definition) is 2. The summed E-state index contributed by atoms with van der Waals surface area (Å²) in [5, 5.41) is 3.29. The van der Waals surface area contributed by atoms with Gasteiger partial charge in [-0.2, -0.15) is 0 Å². The molecule has 0 bridgehead atoms. The van der Waals surface area contributed by atoms with Crippen molar-refractivity contribution in [3.63, 3.8) is 0 Å². The molecular weight excluding hydrogens is 250 g/mol. The quantitative estimate of drug-likeness (QED) is 0.882. The number of nitrogens with zero attached hydrogens (tertiary/aromatic N) is 1. The molecule has 1 fully saturated rings. The number of anilines is 1. The lowest BCUT2D eigenvalue weighted by Crippen LogP contribution is -2.17. The van der Waals surface area contributed by atoms with Crippen LogP contribution in [0.25, 0.3) is 10.2 Å². The number of carbonyl (C=O) groups is 2. The zero-order valence-corrected chi connectivity index (χ0v) is 10.3. The SMILES string of the molecule is NC(=O)c1c(NC(=O)C2CC2)sc2cccnc12. The second-order valence-corrected chi connectivity index (χ2v) is 5.34. The highest BCUT2D eigenvalue weighted by molar-refractivity contribution is 7.23. The summed E-state index contributed by atoms with van der Waals surface area (Å²) in [6.45, 7) is 0. The highest BCUT2D eigenvalue weighted by Crippen LogP contribution is 2.36. The molecule has 0 spiro atoms. The summed E-state index contributed by atoms with van der Waals surface area (Å²) >= 11 is 1.33. The fourth-order valence-corrected chi connectivity index (χ4v) is 2.87. The molecule has 3 rings (SSSR count). The fourth-order valence-electron chi connectivity index (χ4n) is 1.81. The summed E-state index contributed by atoms with van der Waals surface area (Å²) in [7, 11) is 0. The van der Waals surface area contributed by atoms with Gasteiger partial charge in [-0.05, 0) is 25.0 Å². The van der Waals surface area contributed by atoms with Crippen LogP contribution in [0.3, 0.4) is 0 Å². The number of nitrogens with one attached hydrogen (secondary N) is 1. The van der Waals surface area contributed by atoms with Crippen molar-refractivity contribution in [3.05, 3.63) is 23.9 Å².